The molecule has 0 saturated carbocycles. The molecule has 2 aromatic carbocycles. The molecule has 0 bridgehead atoms. The summed E-state index contributed by atoms with van der Waals surface area (Å²) < 4.78 is 1.45. The highest BCUT2D eigenvalue weighted by Gasteiger charge is 2.33. The molecule has 27 heavy (non-hydrogen) atoms. The first kappa shape index (κ1) is 17.8. The molecule has 1 aromatic heterocycles. The van der Waals surface area contributed by atoms with E-state index in [1.165, 1.54) is 4.68 Å². The van der Waals surface area contributed by atoms with Gasteiger partial charge < -0.3 is 10.0 Å². The van der Waals surface area contributed by atoms with Gasteiger partial charge >= 0.3 is 0 Å². The lowest BCUT2D eigenvalue weighted by molar-refractivity contribution is -0.0262. The van der Waals surface area contributed by atoms with Gasteiger partial charge in [-0.3, -0.25) is 4.79 Å². The summed E-state index contributed by atoms with van der Waals surface area (Å²) in [5.41, 5.74) is 0.828. The molecule has 1 saturated heterocycles. The fourth-order valence-electron chi connectivity index (χ4n) is 3.80. The second kappa shape index (κ2) is 7.58. The lowest BCUT2D eigenvalue weighted by atomic mass is 9.84. The SMILES string of the molecule is O=c1c2ccccc2nnn1CCCN1CCC(O)(c2ccccc2)CC1. The van der Waals surface area contributed by atoms with E-state index in [-0.39, 0.29) is 5.56 Å². The van der Waals surface area contributed by atoms with E-state index in [0.29, 0.717) is 17.4 Å². The molecule has 140 valence electrons. The van der Waals surface area contributed by atoms with E-state index in [4.69, 9.17) is 0 Å². The Labute approximate surface area is 158 Å². The highest BCUT2D eigenvalue weighted by Crippen LogP contribution is 2.32. The predicted molar refractivity (Wildman–Crippen MR) is 104 cm³/mol. The van der Waals surface area contributed by atoms with Gasteiger partial charge in [-0.15, -0.1) is 5.10 Å². The second-order valence-corrected chi connectivity index (χ2v) is 7.23. The van der Waals surface area contributed by atoms with Crippen molar-refractivity contribution in [2.75, 3.05) is 19.6 Å². The van der Waals surface area contributed by atoms with Crippen LogP contribution in [0.2, 0.25) is 0 Å². The van der Waals surface area contributed by atoms with Crippen molar-refractivity contribution in [2.24, 2.45) is 0 Å². The molecule has 0 unspecified atom stereocenters. The van der Waals surface area contributed by atoms with Crippen LogP contribution in [0, 0.1) is 0 Å². The summed E-state index contributed by atoms with van der Waals surface area (Å²) in [6.07, 6.45) is 2.29. The standard InChI is InChI=1S/C21H24N4O2/c26-20-18-9-4-5-10-19(18)22-23-25(20)14-6-13-24-15-11-21(27,12-16-24)17-7-2-1-3-8-17/h1-5,7-10,27H,6,11-16H2. The lowest BCUT2D eigenvalue weighted by Gasteiger charge is -2.38. The van der Waals surface area contributed by atoms with E-state index in [9.17, 15) is 9.90 Å². The predicted octanol–water partition coefficient (Wildman–Crippen LogP) is 2.17. The van der Waals surface area contributed by atoms with Crippen LogP contribution in [0.4, 0.5) is 0 Å². The average molecular weight is 364 g/mol. The first-order valence-corrected chi connectivity index (χ1v) is 9.48. The summed E-state index contributed by atoms with van der Waals surface area (Å²) in [5, 5.41) is 19.7. The van der Waals surface area contributed by atoms with Gasteiger partial charge in [0.25, 0.3) is 5.56 Å². The summed E-state index contributed by atoms with van der Waals surface area (Å²) in [6.45, 7) is 3.13. The van der Waals surface area contributed by atoms with Gasteiger partial charge in [-0.05, 0) is 43.5 Å². The molecule has 4 rings (SSSR count). The zero-order valence-corrected chi connectivity index (χ0v) is 15.3. The van der Waals surface area contributed by atoms with Crippen LogP contribution in [0.15, 0.2) is 59.4 Å². The zero-order valence-electron chi connectivity index (χ0n) is 15.3. The average Bonchev–Trinajstić information content (AvgIpc) is 2.72. The maximum absolute atomic E-state index is 12.5. The Morgan fingerprint density at radius 2 is 1.67 bits per heavy atom. The number of aliphatic hydroxyl groups is 1. The number of hydrogen-bond acceptors (Lipinski definition) is 5. The topological polar surface area (TPSA) is 71.2 Å². The van der Waals surface area contributed by atoms with Crippen molar-refractivity contribution in [3.05, 3.63) is 70.5 Å². The summed E-state index contributed by atoms with van der Waals surface area (Å²) in [4.78, 5) is 14.8. The molecule has 3 aromatic rings. The molecular formula is C21H24N4O2. The quantitative estimate of drug-likeness (QED) is 0.751. The molecular weight excluding hydrogens is 340 g/mol. The third kappa shape index (κ3) is 3.77. The van der Waals surface area contributed by atoms with Gasteiger partial charge in [-0.2, -0.15) is 0 Å². The van der Waals surface area contributed by atoms with Crippen LogP contribution in [-0.2, 0) is 12.1 Å². The maximum Gasteiger partial charge on any atom is 0.277 e. The van der Waals surface area contributed by atoms with E-state index >= 15 is 0 Å². The Morgan fingerprint density at radius 1 is 0.963 bits per heavy atom. The minimum atomic E-state index is -0.724. The molecule has 6 nitrogen and oxygen atoms in total. The fourth-order valence-corrected chi connectivity index (χ4v) is 3.80. The van der Waals surface area contributed by atoms with Crippen molar-refractivity contribution in [1.82, 2.24) is 19.9 Å². The van der Waals surface area contributed by atoms with Crippen LogP contribution in [0.1, 0.15) is 24.8 Å². The van der Waals surface area contributed by atoms with Gasteiger partial charge in [0, 0.05) is 19.6 Å². The summed E-state index contributed by atoms with van der Waals surface area (Å²) >= 11 is 0. The van der Waals surface area contributed by atoms with Gasteiger partial charge in [0.15, 0.2) is 0 Å². The molecule has 6 heteroatoms. The first-order chi connectivity index (χ1) is 13.2. The van der Waals surface area contributed by atoms with Crippen LogP contribution >= 0.6 is 0 Å². The Bertz CT molecular complexity index is 963. The van der Waals surface area contributed by atoms with Gasteiger partial charge in [-0.1, -0.05) is 47.7 Å². The van der Waals surface area contributed by atoms with E-state index < -0.39 is 5.60 Å². The van der Waals surface area contributed by atoms with E-state index in [1.807, 2.05) is 42.5 Å². The molecule has 0 radical (unpaired) electrons. The van der Waals surface area contributed by atoms with E-state index in [0.717, 1.165) is 44.5 Å². The number of benzene rings is 2. The number of hydrogen-bond donors (Lipinski definition) is 1. The molecule has 0 amide bonds. The summed E-state index contributed by atoms with van der Waals surface area (Å²) in [6, 6.07) is 17.2. The molecule has 0 aliphatic carbocycles. The van der Waals surface area contributed by atoms with Crippen LogP contribution in [0.25, 0.3) is 10.9 Å². The first-order valence-electron chi connectivity index (χ1n) is 9.48. The Kier molecular flexibility index (Phi) is 5.01. The Hall–Kier alpha value is -2.57. The van der Waals surface area contributed by atoms with Crippen LogP contribution < -0.4 is 5.56 Å². The van der Waals surface area contributed by atoms with Crippen molar-refractivity contribution in [3.63, 3.8) is 0 Å². The molecule has 1 aliphatic heterocycles. The van der Waals surface area contributed by atoms with Gasteiger partial charge in [0.2, 0.25) is 0 Å². The van der Waals surface area contributed by atoms with Crippen molar-refractivity contribution in [2.45, 2.75) is 31.4 Å². The highest BCUT2D eigenvalue weighted by atomic mass is 16.3. The van der Waals surface area contributed by atoms with E-state index in [1.54, 1.807) is 12.1 Å². The van der Waals surface area contributed by atoms with Crippen molar-refractivity contribution in [1.29, 1.82) is 0 Å². The van der Waals surface area contributed by atoms with Crippen molar-refractivity contribution in [3.8, 4) is 0 Å². The van der Waals surface area contributed by atoms with Gasteiger partial charge in [0.1, 0.15) is 5.52 Å². The number of nitrogens with zero attached hydrogens (tertiary/aromatic N) is 4. The summed E-state index contributed by atoms with van der Waals surface area (Å²) in [5.74, 6) is 0. The third-order valence-corrected chi connectivity index (χ3v) is 5.47. The van der Waals surface area contributed by atoms with Gasteiger partial charge in [0.05, 0.1) is 11.0 Å². The minimum Gasteiger partial charge on any atom is -0.385 e. The largest absolute Gasteiger partial charge is 0.385 e. The van der Waals surface area contributed by atoms with Gasteiger partial charge in [-0.25, -0.2) is 4.68 Å². The number of piperidine rings is 1. The minimum absolute atomic E-state index is 0.0855. The summed E-state index contributed by atoms with van der Waals surface area (Å²) in [7, 11) is 0. The Morgan fingerprint density at radius 3 is 2.44 bits per heavy atom. The number of fused-ring (bicyclic) bond motifs is 1. The maximum atomic E-state index is 12.5. The monoisotopic (exact) mass is 364 g/mol. The molecule has 1 aliphatic rings. The smallest absolute Gasteiger partial charge is 0.277 e. The van der Waals surface area contributed by atoms with Crippen LogP contribution in [0.5, 0.6) is 0 Å². The molecule has 2 heterocycles. The van der Waals surface area contributed by atoms with Crippen molar-refractivity contribution < 1.29 is 5.11 Å². The third-order valence-electron chi connectivity index (χ3n) is 5.47. The highest BCUT2D eigenvalue weighted by molar-refractivity contribution is 5.76. The number of likely N-dealkylation sites (tertiary alicyclic amines) is 1. The second-order valence-electron chi connectivity index (χ2n) is 7.23. The molecule has 1 fully saturated rings. The number of aryl methyl sites for hydroxylation is 1. The normalized spacial score (nSPS) is 17.2. The number of rotatable bonds is 5. The van der Waals surface area contributed by atoms with Crippen LogP contribution in [-0.4, -0.2) is 44.6 Å². The number of aromatic nitrogens is 3. The zero-order chi connectivity index (χ0) is 18.7. The van der Waals surface area contributed by atoms with Crippen molar-refractivity contribution >= 4 is 10.9 Å². The molecule has 1 N–H and O–H groups in total. The van der Waals surface area contributed by atoms with Crippen LogP contribution in [0.3, 0.4) is 0 Å². The van der Waals surface area contributed by atoms with E-state index in [2.05, 4.69) is 15.2 Å². The Balaban J connectivity index is 1.32. The fraction of sp³-hybridized carbons (Fsp3) is 0.381. The molecule has 0 atom stereocenters. The molecule has 0 spiro atoms. The lowest BCUT2D eigenvalue weighted by Crippen LogP contribution is -2.43.